The number of carboxylic acid groups (broad SMARTS) is 1. The number of rotatable bonds is 8. The average molecular weight is 500 g/mol. The van der Waals surface area contributed by atoms with Crippen LogP contribution in [0.1, 0.15) is 28.4 Å². The lowest BCUT2D eigenvalue weighted by Crippen LogP contribution is -2.30. The van der Waals surface area contributed by atoms with E-state index in [1.165, 1.54) is 12.1 Å². The van der Waals surface area contributed by atoms with Crippen molar-refractivity contribution in [2.24, 2.45) is 0 Å². The van der Waals surface area contributed by atoms with Crippen LogP contribution in [0.5, 0.6) is 0 Å². The molecular weight excluding hydrogens is 474 g/mol. The van der Waals surface area contributed by atoms with Gasteiger partial charge in [0.15, 0.2) is 9.84 Å². The quantitative estimate of drug-likeness (QED) is 0.339. The lowest BCUT2D eigenvalue weighted by molar-refractivity contribution is -0.137. The van der Waals surface area contributed by atoms with Crippen LogP contribution >= 0.6 is 0 Å². The minimum Gasteiger partial charge on any atom is -0.481 e. The van der Waals surface area contributed by atoms with E-state index in [9.17, 15) is 23.1 Å². The van der Waals surface area contributed by atoms with Crippen LogP contribution in [0.15, 0.2) is 108 Å². The Morgan fingerprint density at radius 2 is 1.31 bits per heavy atom. The highest BCUT2D eigenvalue weighted by Crippen LogP contribution is 2.25. The van der Waals surface area contributed by atoms with E-state index in [1.54, 1.807) is 30.3 Å². The molecule has 1 atom stereocenters. The largest absolute Gasteiger partial charge is 0.481 e. The molecule has 0 spiro atoms. The van der Waals surface area contributed by atoms with Crippen LogP contribution in [-0.4, -0.2) is 31.7 Å². The number of nitrogens with one attached hydrogen (secondary N) is 1. The highest BCUT2D eigenvalue weighted by molar-refractivity contribution is 7.90. The van der Waals surface area contributed by atoms with Gasteiger partial charge in [-0.05, 0) is 52.1 Å². The minimum atomic E-state index is -3.30. The van der Waals surface area contributed by atoms with E-state index in [1.807, 2.05) is 60.7 Å². The number of hydrogen-bond donors (Lipinski definition) is 2. The van der Waals surface area contributed by atoms with Gasteiger partial charge in [0, 0.05) is 11.8 Å². The molecule has 0 heterocycles. The van der Waals surface area contributed by atoms with Gasteiger partial charge in [-0.2, -0.15) is 0 Å². The minimum absolute atomic E-state index is 0.218. The third-order valence-electron chi connectivity index (χ3n) is 5.84. The first-order valence-corrected chi connectivity index (χ1v) is 13.2. The third-order valence-corrected chi connectivity index (χ3v) is 6.97. The molecule has 0 aliphatic carbocycles. The van der Waals surface area contributed by atoms with E-state index >= 15 is 0 Å². The fraction of sp³-hybridized carbons (Fsp3) is 0.103. The van der Waals surface area contributed by atoms with E-state index in [0.717, 1.165) is 28.5 Å². The van der Waals surface area contributed by atoms with Crippen LogP contribution < -0.4 is 5.32 Å². The fourth-order valence-corrected chi connectivity index (χ4v) is 4.57. The van der Waals surface area contributed by atoms with Gasteiger partial charge in [0.2, 0.25) is 0 Å². The molecule has 6 nitrogen and oxygen atoms in total. The summed E-state index contributed by atoms with van der Waals surface area (Å²) in [6.07, 6.45) is 0.888. The molecule has 2 N–H and O–H groups in total. The molecule has 1 amide bonds. The van der Waals surface area contributed by atoms with Gasteiger partial charge in [-0.3, -0.25) is 9.59 Å². The molecule has 1 unspecified atom stereocenters. The first-order valence-electron chi connectivity index (χ1n) is 11.3. The molecule has 0 saturated carbocycles. The molecule has 182 valence electrons. The predicted molar refractivity (Wildman–Crippen MR) is 139 cm³/mol. The summed E-state index contributed by atoms with van der Waals surface area (Å²) in [6, 6.07) is 29.9. The Balaban J connectivity index is 1.55. The van der Waals surface area contributed by atoms with Crippen molar-refractivity contribution in [3.05, 3.63) is 114 Å². The second kappa shape index (κ2) is 10.6. The maximum absolute atomic E-state index is 13.1. The number of carbonyl (C=O) groups is 2. The summed E-state index contributed by atoms with van der Waals surface area (Å²) in [7, 11) is -3.30. The molecule has 0 radical (unpaired) electrons. The van der Waals surface area contributed by atoms with Crippen molar-refractivity contribution < 1.29 is 23.1 Å². The number of benzene rings is 4. The third kappa shape index (κ3) is 6.06. The van der Waals surface area contributed by atoms with Crippen LogP contribution in [0.4, 0.5) is 0 Å². The molecule has 0 aromatic heterocycles. The molecule has 0 aliphatic heterocycles. The molecule has 0 bridgehead atoms. The van der Waals surface area contributed by atoms with Crippen molar-refractivity contribution >= 4 is 21.7 Å². The topological polar surface area (TPSA) is 101 Å². The molecule has 4 aromatic carbocycles. The Kier molecular flexibility index (Phi) is 7.31. The van der Waals surface area contributed by atoms with Gasteiger partial charge in [0.1, 0.15) is 0 Å². The second-order valence-corrected chi connectivity index (χ2v) is 10.5. The van der Waals surface area contributed by atoms with E-state index in [2.05, 4.69) is 5.32 Å². The maximum atomic E-state index is 13.1. The zero-order valence-electron chi connectivity index (χ0n) is 19.6. The molecule has 4 rings (SSSR count). The zero-order valence-corrected chi connectivity index (χ0v) is 20.4. The second-order valence-electron chi connectivity index (χ2n) is 8.49. The molecule has 36 heavy (non-hydrogen) atoms. The first kappa shape index (κ1) is 24.9. The summed E-state index contributed by atoms with van der Waals surface area (Å²) < 4.78 is 23.4. The van der Waals surface area contributed by atoms with Crippen LogP contribution in [-0.2, 0) is 14.6 Å². The Bertz CT molecular complexity index is 1480. The SMILES string of the molecule is CS(=O)(=O)c1ccc(-c2cccc(C(=O)NC(CC(=O)O)c3ccc(-c4ccccc4)cc3)c2)cc1. The molecule has 0 saturated heterocycles. The van der Waals surface area contributed by atoms with Gasteiger partial charge in [-0.15, -0.1) is 0 Å². The van der Waals surface area contributed by atoms with Crippen molar-refractivity contribution in [3.63, 3.8) is 0 Å². The molecule has 0 fully saturated rings. The van der Waals surface area contributed by atoms with Gasteiger partial charge in [-0.25, -0.2) is 8.42 Å². The monoisotopic (exact) mass is 499 g/mol. The van der Waals surface area contributed by atoms with Crippen molar-refractivity contribution in [2.75, 3.05) is 6.26 Å². The average Bonchev–Trinajstić information content (AvgIpc) is 2.88. The van der Waals surface area contributed by atoms with Gasteiger partial charge in [0.05, 0.1) is 17.4 Å². The lowest BCUT2D eigenvalue weighted by Gasteiger charge is -2.18. The summed E-state index contributed by atoms with van der Waals surface area (Å²) in [5.41, 5.74) is 4.60. The normalized spacial score (nSPS) is 12.0. The summed E-state index contributed by atoms with van der Waals surface area (Å²) in [5, 5.41) is 12.3. The summed E-state index contributed by atoms with van der Waals surface area (Å²) in [4.78, 5) is 24.8. The summed E-state index contributed by atoms with van der Waals surface area (Å²) in [5.74, 6) is -1.42. The first-order chi connectivity index (χ1) is 17.2. The fourth-order valence-electron chi connectivity index (χ4n) is 3.94. The Morgan fingerprint density at radius 1 is 0.750 bits per heavy atom. The van der Waals surface area contributed by atoms with E-state index in [4.69, 9.17) is 0 Å². The van der Waals surface area contributed by atoms with E-state index in [-0.39, 0.29) is 11.3 Å². The van der Waals surface area contributed by atoms with Crippen molar-refractivity contribution in [3.8, 4) is 22.3 Å². The standard InChI is InChI=1S/C29H25NO5S/c1-36(34,35)26-16-14-22(15-17-26)24-8-5-9-25(18-24)29(33)30-27(19-28(31)32)23-12-10-21(11-13-23)20-6-3-2-4-7-20/h2-18,27H,19H2,1H3,(H,30,33)(H,31,32). The number of carboxylic acids is 1. The highest BCUT2D eigenvalue weighted by Gasteiger charge is 2.19. The van der Waals surface area contributed by atoms with Crippen LogP contribution in [0.2, 0.25) is 0 Å². The van der Waals surface area contributed by atoms with Crippen LogP contribution in [0.3, 0.4) is 0 Å². The van der Waals surface area contributed by atoms with Gasteiger partial charge in [-0.1, -0.05) is 78.9 Å². The molecule has 4 aromatic rings. The van der Waals surface area contributed by atoms with Crippen molar-refractivity contribution in [1.29, 1.82) is 0 Å². The van der Waals surface area contributed by atoms with Crippen LogP contribution in [0.25, 0.3) is 22.3 Å². The molecular formula is C29H25NO5S. The molecule has 7 heteroatoms. The number of amides is 1. The predicted octanol–water partition coefficient (Wildman–Crippen LogP) is 5.37. The highest BCUT2D eigenvalue weighted by atomic mass is 32.2. The van der Waals surface area contributed by atoms with Crippen molar-refractivity contribution in [1.82, 2.24) is 5.32 Å². The number of hydrogen-bond acceptors (Lipinski definition) is 4. The smallest absolute Gasteiger partial charge is 0.305 e. The van der Waals surface area contributed by atoms with E-state index in [0.29, 0.717) is 11.1 Å². The van der Waals surface area contributed by atoms with Crippen molar-refractivity contribution in [2.45, 2.75) is 17.4 Å². The summed E-state index contributed by atoms with van der Waals surface area (Å²) >= 11 is 0. The molecule has 0 aliphatic rings. The number of aliphatic carboxylic acids is 1. The van der Waals surface area contributed by atoms with E-state index < -0.39 is 27.8 Å². The van der Waals surface area contributed by atoms with Gasteiger partial charge in [0.25, 0.3) is 5.91 Å². The Morgan fingerprint density at radius 3 is 1.92 bits per heavy atom. The van der Waals surface area contributed by atoms with Crippen LogP contribution in [0, 0.1) is 0 Å². The van der Waals surface area contributed by atoms with Gasteiger partial charge < -0.3 is 10.4 Å². The lowest BCUT2D eigenvalue weighted by atomic mass is 9.98. The Labute approximate surface area is 210 Å². The Hall–Kier alpha value is -4.23. The maximum Gasteiger partial charge on any atom is 0.305 e. The number of carbonyl (C=O) groups excluding carboxylic acids is 1. The summed E-state index contributed by atoms with van der Waals surface area (Å²) in [6.45, 7) is 0. The number of sulfone groups is 1. The zero-order chi connectivity index (χ0) is 25.7. The van der Waals surface area contributed by atoms with Gasteiger partial charge >= 0.3 is 5.97 Å².